The van der Waals surface area contributed by atoms with Gasteiger partial charge in [-0.05, 0) is 30.2 Å². The number of aryl methyl sites for hydroxylation is 1. The number of methoxy groups -OCH3 is 1. The van der Waals surface area contributed by atoms with Gasteiger partial charge in [-0.25, -0.2) is 0 Å². The molecule has 1 aromatic carbocycles. The largest absolute Gasteiger partial charge is 0.469 e. The SMILES string of the molecule is COC(=O)CCC(=O)Cc1ccc(C(F)(F)F)cc1C. The molecule has 20 heavy (non-hydrogen) atoms. The molecule has 6 heteroatoms. The zero-order chi connectivity index (χ0) is 15.3. The quantitative estimate of drug-likeness (QED) is 0.782. The van der Waals surface area contributed by atoms with E-state index in [0.29, 0.717) is 11.1 Å². The van der Waals surface area contributed by atoms with Gasteiger partial charge in [0.2, 0.25) is 0 Å². The number of alkyl halides is 3. The summed E-state index contributed by atoms with van der Waals surface area (Å²) in [5.41, 5.74) is 0.208. The van der Waals surface area contributed by atoms with Crippen LogP contribution in [-0.4, -0.2) is 18.9 Å². The van der Waals surface area contributed by atoms with Crippen molar-refractivity contribution in [3.63, 3.8) is 0 Å². The first-order chi connectivity index (χ1) is 9.24. The molecule has 0 atom stereocenters. The minimum absolute atomic E-state index is 0.0148. The van der Waals surface area contributed by atoms with Gasteiger partial charge < -0.3 is 4.74 Å². The summed E-state index contributed by atoms with van der Waals surface area (Å²) in [4.78, 5) is 22.5. The van der Waals surface area contributed by atoms with E-state index in [1.165, 1.54) is 20.1 Å². The van der Waals surface area contributed by atoms with Gasteiger partial charge in [-0.2, -0.15) is 13.2 Å². The fraction of sp³-hybridized carbons (Fsp3) is 0.429. The average Bonchev–Trinajstić information content (AvgIpc) is 2.37. The van der Waals surface area contributed by atoms with Gasteiger partial charge in [0, 0.05) is 12.8 Å². The molecular formula is C14H15F3O3. The second-order valence-electron chi connectivity index (χ2n) is 4.43. The molecule has 0 aliphatic carbocycles. The van der Waals surface area contributed by atoms with E-state index in [1.54, 1.807) is 0 Å². The molecule has 3 nitrogen and oxygen atoms in total. The molecular weight excluding hydrogens is 273 g/mol. The molecule has 1 aromatic rings. The average molecular weight is 288 g/mol. The number of esters is 1. The lowest BCUT2D eigenvalue weighted by Crippen LogP contribution is -2.10. The summed E-state index contributed by atoms with van der Waals surface area (Å²) in [7, 11) is 1.23. The Kier molecular flexibility index (Phi) is 5.30. The van der Waals surface area contributed by atoms with Gasteiger partial charge in [0.05, 0.1) is 19.1 Å². The molecule has 0 aromatic heterocycles. The number of ether oxygens (including phenoxy) is 1. The highest BCUT2D eigenvalue weighted by molar-refractivity contribution is 5.84. The highest BCUT2D eigenvalue weighted by Gasteiger charge is 2.30. The van der Waals surface area contributed by atoms with E-state index in [2.05, 4.69) is 4.74 Å². The first-order valence-corrected chi connectivity index (χ1v) is 5.99. The molecule has 0 radical (unpaired) electrons. The van der Waals surface area contributed by atoms with E-state index in [0.717, 1.165) is 12.1 Å². The van der Waals surface area contributed by atoms with Crippen LogP contribution in [0.1, 0.15) is 29.5 Å². The topological polar surface area (TPSA) is 43.4 Å². The molecule has 0 fully saturated rings. The highest BCUT2D eigenvalue weighted by atomic mass is 19.4. The van der Waals surface area contributed by atoms with Crippen LogP contribution in [0.15, 0.2) is 18.2 Å². The van der Waals surface area contributed by atoms with Crippen molar-refractivity contribution in [2.45, 2.75) is 32.4 Å². The molecule has 110 valence electrons. The number of Topliss-reactive ketones (excluding diaryl/α,β-unsaturated/α-hetero) is 1. The fourth-order valence-corrected chi connectivity index (χ4v) is 1.71. The number of rotatable bonds is 5. The van der Waals surface area contributed by atoms with E-state index in [9.17, 15) is 22.8 Å². The number of benzene rings is 1. The number of hydrogen-bond acceptors (Lipinski definition) is 3. The van der Waals surface area contributed by atoms with Gasteiger partial charge in [-0.3, -0.25) is 9.59 Å². The van der Waals surface area contributed by atoms with Crippen LogP contribution in [0, 0.1) is 6.92 Å². The molecule has 0 heterocycles. The molecule has 0 N–H and O–H groups in total. The standard InChI is InChI=1S/C14H15F3O3/c1-9-7-11(14(15,16)17)4-3-10(9)8-12(18)5-6-13(19)20-2/h3-4,7H,5-6,8H2,1-2H3. The lowest BCUT2D eigenvalue weighted by molar-refractivity contribution is -0.142. The van der Waals surface area contributed by atoms with E-state index in [4.69, 9.17) is 0 Å². The monoisotopic (exact) mass is 288 g/mol. The van der Waals surface area contributed by atoms with E-state index in [-0.39, 0.29) is 25.0 Å². The van der Waals surface area contributed by atoms with Crippen LogP contribution in [0.25, 0.3) is 0 Å². The maximum atomic E-state index is 12.5. The van der Waals surface area contributed by atoms with E-state index < -0.39 is 17.7 Å². The lowest BCUT2D eigenvalue weighted by Gasteiger charge is -2.10. The van der Waals surface area contributed by atoms with Crippen LogP contribution in [0.4, 0.5) is 13.2 Å². The van der Waals surface area contributed by atoms with Crippen LogP contribution in [0.2, 0.25) is 0 Å². The molecule has 0 saturated carbocycles. The van der Waals surface area contributed by atoms with Crippen LogP contribution in [-0.2, 0) is 26.9 Å². The van der Waals surface area contributed by atoms with Crippen LogP contribution in [0.3, 0.4) is 0 Å². The summed E-state index contributed by atoms with van der Waals surface area (Å²) >= 11 is 0. The minimum Gasteiger partial charge on any atom is -0.469 e. The van der Waals surface area contributed by atoms with Crippen molar-refractivity contribution in [3.05, 3.63) is 34.9 Å². The Morgan fingerprint density at radius 1 is 1.20 bits per heavy atom. The second-order valence-corrected chi connectivity index (χ2v) is 4.43. The maximum Gasteiger partial charge on any atom is 0.416 e. The molecule has 0 unspecified atom stereocenters. The molecule has 0 bridgehead atoms. The zero-order valence-electron chi connectivity index (χ0n) is 11.2. The third kappa shape index (κ3) is 4.68. The molecule has 0 aliphatic heterocycles. The Hall–Kier alpha value is -1.85. The van der Waals surface area contributed by atoms with Gasteiger partial charge in [0.25, 0.3) is 0 Å². The van der Waals surface area contributed by atoms with E-state index >= 15 is 0 Å². The van der Waals surface area contributed by atoms with Gasteiger partial charge >= 0.3 is 12.1 Å². The van der Waals surface area contributed by atoms with Crippen LogP contribution in [0.5, 0.6) is 0 Å². The number of ketones is 1. The Morgan fingerprint density at radius 2 is 1.85 bits per heavy atom. The maximum absolute atomic E-state index is 12.5. The van der Waals surface area contributed by atoms with Crippen molar-refractivity contribution in [2.75, 3.05) is 7.11 Å². The highest BCUT2D eigenvalue weighted by Crippen LogP contribution is 2.30. The first-order valence-electron chi connectivity index (χ1n) is 5.99. The number of carbonyl (C=O) groups is 2. The second kappa shape index (κ2) is 6.54. The normalized spacial score (nSPS) is 11.2. The van der Waals surface area contributed by atoms with Crippen LogP contribution < -0.4 is 0 Å². The van der Waals surface area contributed by atoms with Crippen molar-refractivity contribution in [1.82, 2.24) is 0 Å². The predicted octanol–water partition coefficient (Wildman–Crippen LogP) is 3.08. The summed E-state index contributed by atoms with van der Waals surface area (Å²) in [5, 5.41) is 0. The van der Waals surface area contributed by atoms with Gasteiger partial charge in [-0.1, -0.05) is 6.07 Å². The Bertz CT molecular complexity index is 507. The summed E-state index contributed by atoms with van der Waals surface area (Å²) < 4.78 is 41.9. The van der Waals surface area contributed by atoms with Crippen molar-refractivity contribution in [2.24, 2.45) is 0 Å². The minimum atomic E-state index is -4.39. The van der Waals surface area contributed by atoms with Crippen LogP contribution >= 0.6 is 0 Å². The third-order valence-electron chi connectivity index (χ3n) is 2.89. The van der Waals surface area contributed by atoms with Crippen molar-refractivity contribution < 1.29 is 27.5 Å². The smallest absolute Gasteiger partial charge is 0.416 e. The zero-order valence-corrected chi connectivity index (χ0v) is 11.2. The van der Waals surface area contributed by atoms with Gasteiger partial charge in [-0.15, -0.1) is 0 Å². The van der Waals surface area contributed by atoms with Crippen molar-refractivity contribution >= 4 is 11.8 Å². The first kappa shape index (κ1) is 16.2. The Morgan fingerprint density at radius 3 is 2.35 bits per heavy atom. The molecule has 1 rings (SSSR count). The molecule has 0 aliphatic rings. The summed E-state index contributed by atoms with van der Waals surface area (Å²) in [5.74, 6) is -0.694. The van der Waals surface area contributed by atoms with Gasteiger partial charge in [0.1, 0.15) is 5.78 Å². The fourth-order valence-electron chi connectivity index (χ4n) is 1.71. The summed E-state index contributed by atoms with van der Waals surface area (Å²) in [6.45, 7) is 1.53. The number of halogens is 3. The number of carbonyl (C=O) groups excluding carboxylic acids is 2. The molecule has 0 spiro atoms. The molecule has 0 amide bonds. The van der Waals surface area contributed by atoms with Crippen molar-refractivity contribution in [1.29, 1.82) is 0 Å². The Balaban J connectivity index is 2.69. The lowest BCUT2D eigenvalue weighted by atomic mass is 9.99. The Labute approximate surface area is 114 Å². The summed E-state index contributed by atoms with van der Waals surface area (Å²) in [6.07, 6.45) is -4.37. The molecule has 0 saturated heterocycles. The predicted molar refractivity (Wildman–Crippen MR) is 66.1 cm³/mol. The number of hydrogen-bond donors (Lipinski definition) is 0. The summed E-state index contributed by atoms with van der Waals surface area (Å²) in [6, 6.07) is 3.27. The third-order valence-corrected chi connectivity index (χ3v) is 2.89. The van der Waals surface area contributed by atoms with Gasteiger partial charge in [0.15, 0.2) is 0 Å². The van der Waals surface area contributed by atoms with Crippen molar-refractivity contribution in [3.8, 4) is 0 Å². The van der Waals surface area contributed by atoms with E-state index in [1.807, 2.05) is 0 Å².